The number of hydrogen-bond acceptors (Lipinski definition) is 3. The van der Waals surface area contributed by atoms with Crippen LogP contribution in [0.25, 0.3) is 0 Å². The summed E-state index contributed by atoms with van der Waals surface area (Å²) in [5.74, 6) is -1.07. The van der Waals surface area contributed by atoms with Crippen molar-refractivity contribution in [2.75, 3.05) is 13.1 Å². The Morgan fingerprint density at radius 1 is 1.22 bits per heavy atom. The molecule has 3 atom stereocenters. The third-order valence-electron chi connectivity index (χ3n) is 4.30. The first-order chi connectivity index (χ1) is 10.6. The number of benzene rings is 1. The normalized spacial score (nSPS) is 30.8. The van der Waals surface area contributed by atoms with Gasteiger partial charge in [0.2, 0.25) is 14.4 Å². The van der Waals surface area contributed by atoms with Crippen molar-refractivity contribution in [2.45, 2.75) is 27.6 Å². The van der Waals surface area contributed by atoms with E-state index in [0.717, 1.165) is 5.56 Å². The van der Waals surface area contributed by atoms with Gasteiger partial charge in [0, 0.05) is 19.0 Å². The summed E-state index contributed by atoms with van der Waals surface area (Å²) in [4.78, 5) is 12.1. The maximum Gasteiger partial charge on any atom is 0.257 e. The summed E-state index contributed by atoms with van der Waals surface area (Å²) >= 11 is 18.5. The van der Waals surface area contributed by atoms with E-state index in [0.29, 0.717) is 0 Å². The molecule has 1 amide bonds. The molecule has 126 valence electrons. The number of carbonyl (C=O) groups excluding carboxylic acids is 1. The summed E-state index contributed by atoms with van der Waals surface area (Å²) in [7, 11) is -3.69. The average Bonchev–Trinajstić information content (AvgIpc) is 2.69. The van der Waals surface area contributed by atoms with Crippen molar-refractivity contribution in [1.29, 1.82) is 0 Å². The smallest absolute Gasteiger partial charge is 0.257 e. The van der Waals surface area contributed by atoms with E-state index in [9.17, 15) is 13.2 Å². The number of amides is 1. The lowest BCUT2D eigenvalue weighted by Gasteiger charge is -2.38. The Labute approximate surface area is 149 Å². The first-order valence-electron chi connectivity index (χ1n) is 7.03. The van der Waals surface area contributed by atoms with Crippen LogP contribution in [0.2, 0.25) is 0 Å². The quantitative estimate of drug-likeness (QED) is 0.775. The molecular weight excluding hydrogens is 383 g/mol. The first kappa shape index (κ1) is 17.3. The van der Waals surface area contributed by atoms with Gasteiger partial charge in [0.25, 0.3) is 5.91 Å². The van der Waals surface area contributed by atoms with Crippen molar-refractivity contribution in [3.05, 3.63) is 29.8 Å². The number of halogens is 3. The maximum absolute atomic E-state index is 12.8. The van der Waals surface area contributed by atoms with E-state index in [1.807, 2.05) is 6.92 Å². The predicted octanol–water partition coefficient (Wildman–Crippen LogP) is 1.90. The van der Waals surface area contributed by atoms with Gasteiger partial charge in [-0.15, -0.1) is 11.6 Å². The van der Waals surface area contributed by atoms with Crippen LogP contribution in [0.4, 0.5) is 0 Å². The molecule has 0 aliphatic carbocycles. The number of alkyl halides is 3. The van der Waals surface area contributed by atoms with E-state index in [-0.39, 0.29) is 18.0 Å². The van der Waals surface area contributed by atoms with Gasteiger partial charge in [-0.25, -0.2) is 8.42 Å². The minimum Gasteiger partial charge on any atom is -0.349 e. The van der Waals surface area contributed by atoms with Crippen LogP contribution >= 0.6 is 34.8 Å². The minimum atomic E-state index is -3.69. The molecule has 9 heteroatoms. The molecule has 1 aromatic rings. The molecule has 0 bridgehead atoms. The summed E-state index contributed by atoms with van der Waals surface area (Å²) in [5.41, 5.74) is 0.968. The molecule has 1 aromatic carbocycles. The van der Waals surface area contributed by atoms with Crippen LogP contribution in [0.3, 0.4) is 0 Å². The highest BCUT2D eigenvalue weighted by Gasteiger charge is 2.59. The zero-order valence-electron chi connectivity index (χ0n) is 12.2. The highest BCUT2D eigenvalue weighted by Crippen LogP contribution is 2.44. The van der Waals surface area contributed by atoms with E-state index in [4.69, 9.17) is 34.8 Å². The molecule has 23 heavy (non-hydrogen) atoms. The van der Waals surface area contributed by atoms with Gasteiger partial charge < -0.3 is 5.32 Å². The summed E-state index contributed by atoms with van der Waals surface area (Å²) in [6, 6.07) is 6.07. The zero-order valence-corrected chi connectivity index (χ0v) is 15.3. The number of sulfonamides is 1. The fourth-order valence-corrected chi connectivity index (χ4v) is 6.01. The monoisotopic (exact) mass is 396 g/mol. The highest BCUT2D eigenvalue weighted by atomic mass is 35.5. The van der Waals surface area contributed by atoms with Gasteiger partial charge >= 0.3 is 0 Å². The van der Waals surface area contributed by atoms with E-state index in [1.54, 1.807) is 24.3 Å². The van der Waals surface area contributed by atoms with E-state index in [2.05, 4.69) is 5.32 Å². The largest absolute Gasteiger partial charge is 0.349 e. The Bertz CT molecular complexity index is 736. The minimum absolute atomic E-state index is 0.0507. The number of aryl methyl sites for hydroxylation is 1. The van der Waals surface area contributed by atoms with Crippen LogP contribution in [0.5, 0.6) is 0 Å². The summed E-state index contributed by atoms with van der Waals surface area (Å²) in [6.07, 6.45) is 0. The Kier molecular flexibility index (Phi) is 4.34. The van der Waals surface area contributed by atoms with E-state index >= 15 is 0 Å². The van der Waals surface area contributed by atoms with Crippen LogP contribution in [-0.4, -0.2) is 47.5 Å². The second-order valence-corrected chi connectivity index (χ2v) is 9.76. The number of rotatable bonds is 2. The lowest BCUT2D eigenvalue weighted by Crippen LogP contribution is -2.55. The summed E-state index contributed by atoms with van der Waals surface area (Å²) in [5, 5.41) is 1.98. The summed E-state index contributed by atoms with van der Waals surface area (Å²) in [6.45, 7) is 2.03. The van der Waals surface area contributed by atoms with Gasteiger partial charge in [-0.05, 0) is 19.1 Å². The van der Waals surface area contributed by atoms with E-state index in [1.165, 1.54) is 4.31 Å². The lowest BCUT2D eigenvalue weighted by atomic mass is 9.92. The van der Waals surface area contributed by atoms with Crippen LogP contribution < -0.4 is 5.32 Å². The second kappa shape index (κ2) is 5.77. The van der Waals surface area contributed by atoms with Crippen LogP contribution in [0.1, 0.15) is 5.56 Å². The van der Waals surface area contributed by atoms with Crippen molar-refractivity contribution >= 4 is 50.7 Å². The van der Waals surface area contributed by atoms with Crippen molar-refractivity contribution < 1.29 is 13.2 Å². The third-order valence-corrected chi connectivity index (χ3v) is 7.40. The van der Waals surface area contributed by atoms with Crippen molar-refractivity contribution in [3.8, 4) is 0 Å². The van der Waals surface area contributed by atoms with Gasteiger partial charge in [-0.1, -0.05) is 40.9 Å². The number of carbonyl (C=O) groups is 1. The molecule has 0 aromatic heterocycles. The topological polar surface area (TPSA) is 66.5 Å². The van der Waals surface area contributed by atoms with Crippen LogP contribution in [0.15, 0.2) is 29.2 Å². The SMILES string of the molecule is Cc1ccc(S(=O)(=O)N2C[C@@H]3NC(=O)C(Cl)(Cl)[C@@H]3[C@@H](Cl)C2)cc1. The number of fused-ring (bicyclic) bond motifs is 1. The molecule has 0 radical (unpaired) electrons. The fraction of sp³-hybridized carbons (Fsp3) is 0.500. The molecule has 2 heterocycles. The van der Waals surface area contributed by atoms with Gasteiger partial charge in [0.05, 0.1) is 16.3 Å². The Morgan fingerprint density at radius 3 is 2.43 bits per heavy atom. The van der Waals surface area contributed by atoms with Gasteiger partial charge in [0.1, 0.15) is 0 Å². The molecule has 2 saturated heterocycles. The first-order valence-corrected chi connectivity index (χ1v) is 9.67. The Morgan fingerprint density at radius 2 is 1.83 bits per heavy atom. The fourth-order valence-electron chi connectivity index (χ4n) is 3.05. The van der Waals surface area contributed by atoms with Gasteiger partial charge in [0.15, 0.2) is 0 Å². The number of nitrogens with zero attached hydrogens (tertiary/aromatic N) is 1. The molecule has 0 unspecified atom stereocenters. The molecular formula is C14H15Cl3N2O3S. The molecule has 5 nitrogen and oxygen atoms in total. The molecule has 2 fully saturated rings. The number of hydrogen-bond donors (Lipinski definition) is 1. The average molecular weight is 398 g/mol. The molecule has 0 spiro atoms. The maximum atomic E-state index is 12.8. The predicted molar refractivity (Wildman–Crippen MR) is 89.4 cm³/mol. The third kappa shape index (κ3) is 2.85. The number of nitrogens with one attached hydrogen (secondary N) is 1. The second-order valence-electron chi connectivity index (χ2n) is 5.88. The van der Waals surface area contributed by atoms with Crippen molar-refractivity contribution in [1.82, 2.24) is 9.62 Å². The zero-order chi connectivity index (χ0) is 17.0. The van der Waals surface area contributed by atoms with Crippen molar-refractivity contribution in [3.63, 3.8) is 0 Å². The molecule has 3 rings (SSSR count). The van der Waals surface area contributed by atoms with Gasteiger partial charge in [-0.2, -0.15) is 4.31 Å². The highest BCUT2D eigenvalue weighted by molar-refractivity contribution is 7.89. The van der Waals surface area contributed by atoms with Crippen LogP contribution in [-0.2, 0) is 14.8 Å². The molecule has 1 N–H and O–H groups in total. The number of piperidine rings is 1. The Hall–Kier alpha value is -0.530. The molecule has 2 aliphatic heterocycles. The van der Waals surface area contributed by atoms with Crippen LogP contribution in [0, 0.1) is 12.8 Å². The molecule has 0 saturated carbocycles. The Balaban J connectivity index is 1.89. The van der Waals surface area contributed by atoms with Crippen molar-refractivity contribution in [2.24, 2.45) is 5.92 Å². The summed E-state index contributed by atoms with van der Waals surface area (Å²) < 4.78 is 25.2. The molecule has 2 aliphatic rings. The lowest BCUT2D eigenvalue weighted by molar-refractivity contribution is -0.120. The van der Waals surface area contributed by atoms with E-state index < -0.39 is 37.6 Å². The van der Waals surface area contributed by atoms with Gasteiger partial charge in [-0.3, -0.25) is 4.79 Å². The standard InChI is InChI=1S/C14H15Cl3N2O3S/c1-8-2-4-9(5-3-8)23(21,22)19-6-10(15)12-11(7-19)18-13(20)14(12,16)17/h2-5,10-12H,6-7H2,1H3,(H,18,20)/t10-,11-,12+/m0/s1.